The van der Waals surface area contributed by atoms with Crippen molar-refractivity contribution in [3.63, 3.8) is 0 Å². The number of amides is 2. The number of alkyl halides is 3. The quantitative estimate of drug-likeness (QED) is 0.496. The molecule has 1 aliphatic heterocycles. The highest BCUT2D eigenvalue weighted by molar-refractivity contribution is 5.99. The largest absolute Gasteiger partial charge is 0.408 e. The average Bonchev–Trinajstić information content (AvgIpc) is 3.14. The van der Waals surface area contributed by atoms with Crippen LogP contribution in [0.15, 0.2) is 35.3 Å². The van der Waals surface area contributed by atoms with E-state index in [4.69, 9.17) is 0 Å². The van der Waals surface area contributed by atoms with Gasteiger partial charge in [-0.3, -0.25) is 23.9 Å². The van der Waals surface area contributed by atoms with Gasteiger partial charge in [-0.15, -0.1) is 0 Å². The summed E-state index contributed by atoms with van der Waals surface area (Å²) < 4.78 is 83.2. The van der Waals surface area contributed by atoms with Crippen LogP contribution in [0.4, 0.5) is 32.2 Å². The minimum absolute atomic E-state index is 0.106. The summed E-state index contributed by atoms with van der Waals surface area (Å²) in [5.41, 5.74) is -3.43. The van der Waals surface area contributed by atoms with Crippen molar-refractivity contribution in [3.05, 3.63) is 63.7 Å². The Hall–Kier alpha value is -3.94. The van der Waals surface area contributed by atoms with Crippen LogP contribution in [0.3, 0.4) is 0 Å². The van der Waals surface area contributed by atoms with Crippen LogP contribution in [-0.4, -0.2) is 51.3 Å². The number of anilines is 1. The highest BCUT2D eigenvalue weighted by Gasteiger charge is 2.40. The van der Waals surface area contributed by atoms with Crippen molar-refractivity contribution in [1.29, 1.82) is 0 Å². The van der Waals surface area contributed by atoms with E-state index < -0.39 is 81.7 Å². The topological polar surface area (TPSA) is 105 Å². The summed E-state index contributed by atoms with van der Waals surface area (Å²) in [6, 6.07) is 0.585. The van der Waals surface area contributed by atoms with E-state index in [0.717, 1.165) is 17.9 Å². The van der Waals surface area contributed by atoms with Gasteiger partial charge in [0.05, 0.1) is 24.5 Å². The van der Waals surface area contributed by atoms with E-state index in [1.807, 2.05) is 0 Å². The number of nitrogens with one attached hydrogen (secondary N) is 1. The first-order valence-corrected chi connectivity index (χ1v) is 10.9. The molecule has 3 heterocycles. The number of carbonyl (C=O) groups excluding carboxylic acids is 2. The van der Waals surface area contributed by atoms with Gasteiger partial charge in [-0.2, -0.15) is 13.2 Å². The summed E-state index contributed by atoms with van der Waals surface area (Å²) in [4.78, 5) is 43.2. The first kappa shape index (κ1) is 26.1. The number of hydrogen-bond acceptors (Lipinski definition) is 5. The number of pyridine rings is 2. The highest BCUT2D eigenvalue weighted by Crippen LogP contribution is 2.27. The number of aliphatic hydroxyl groups is 1. The van der Waals surface area contributed by atoms with E-state index in [2.05, 4.69) is 4.98 Å². The third kappa shape index (κ3) is 4.88. The van der Waals surface area contributed by atoms with Gasteiger partial charge in [0.25, 0.3) is 5.91 Å². The van der Waals surface area contributed by atoms with Crippen LogP contribution < -0.4 is 15.6 Å². The Bertz CT molecular complexity index is 1450. The van der Waals surface area contributed by atoms with Crippen LogP contribution in [0.1, 0.15) is 30.1 Å². The zero-order chi connectivity index (χ0) is 27.2. The minimum Gasteiger partial charge on any atom is -0.391 e. The van der Waals surface area contributed by atoms with Crippen molar-refractivity contribution in [3.8, 4) is 5.69 Å². The molecular formula is C23H18F6N4O4. The molecule has 0 unspecified atom stereocenters. The van der Waals surface area contributed by atoms with Gasteiger partial charge >= 0.3 is 6.18 Å². The van der Waals surface area contributed by atoms with E-state index >= 15 is 0 Å². The number of rotatable bonds is 5. The smallest absolute Gasteiger partial charge is 0.391 e. The van der Waals surface area contributed by atoms with Gasteiger partial charge < -0.3 is 10.4 Å². The molecule has 2 aromatic heterocycles. The molecule has 3 aromatic rings. The van der Waals surface area contributed by atoms with Crippen LogP contribution in [-0.2, 0) is 4.79 Å². The van der Waals surface area contributed by atoms with Crippen molar-refractivity contribution in [2.75, 3.05) is 11.4 Å². The molecule has 1 aromatic carbocycles. The number of carbonyl (C=O) groups is 2. The van der Waals surface area contributed by atoms with Gasteiger partial charge in [-0.25, -0.2) is 18.2 Å². The summed E-state index contributed by atoms with van der Waals surface area (Å²) in [6.07, 6.45) is -6.02. The third-order valence-corrected chi connectivity index (χ3v) is 5.79. The molecule has 8 nitrogen and oxygen atoms in total. The highest BCUT2D eigenvalue weighted by atomic mass is 19.4. The number of aliphatic hydroxyl groups excluding tert-OH is 1. The molecule has 0 spiro atoms. The summed E-state index contributed by atoms with van der Waals surface area (Å²) in [6.45, 7) is 1.000. The fourth-order valence-electron chi connectivity index (χ4n) is 4.00. The normalized spacial score (nSPS) is 16.9. The SMILES string of the molecule is CC[C@@H](NC(=O)c1cn(-c2c(F)cc(F)cc2F)c2nc(N3C[C@@H](O)CC3=O)ccc2c1=O)C(F)(F)F. The predicted octanol–water partition coefficient (Wildman–Crippen LogP) is 2.97. The van der Waals surface area contributed by atoms with E-state index in [0.29, 0.717) is 22.9 Å². The Morgan fingerprint density at radius 3 is 2.38 bits per heavy atom. The van der Waals surface area contributed by atoms with Crippen LogP contribution in [0.25, 0.3) is 16.7 Å². The van der Waals surface area contributed by atoms with Crippen molar-refractivity contribution in [2.24, 2.45) is 0 Å². The van der Waals surface area contributed by atoms with Crippen molar-refractivity contribution < 1.29 is 41.0 Å². The van der Waals surface area contributed by atoms with E-state index in [1.54, 1.807) is 5.32 Å². The molecule has 1 saturated heterocycles. The summed E-state index contributed by atoms with van der Waals surface area (Å²) in [5.74, 6) is -6.30. The Morgan fingerprint density at radius 1 is 1.19 bits per heavy atom. The van der Waals surface area contributed by atoms with Crippen LogP contribution >= 0.6 is 0 Å². The number of fused-ring (bicyclic) bond motifs is 1. The van der Waals surface area contributed by atoms with Gasteiger partial charge in [-0.1, -0.05) is 6.92 Å². The van der Waals surface area contributed by atoms with E-state index in [-0.39, 0.29) is 18.8 Å². The molecule has 2 amide bonds. The maximum absolute atomic E-state index is 14.7. The Labute approximate surface area is 204 Å². The van der Waals surface area contributed by atoms with Gasteiger partial charge in [0.15, 0.2) is 17.3 Å². The summed E-state index contributed by atoms with van der Waals surface area (Å²) in [5, 5.41) is 11.0. The molecule has 0 saturated carbocycles. The van der Waals surface area contributed by atoms with E-state index in [1.165, 1.54) is 6.07 Å². The van der Waals surface area contributed by atoms with Gasteiger partial charge in [-0.05, 0) is 18.6 Å². The fourth-order valence-corrected chi connectivity index (χ4v) is 4.00. The molecule has 0 radical (unpaired) electrons. The first-order valence-electron chi connectivity index (χ1n) is 10.9. The van der Waals surface area contributed by atoms with Gasteiger partial charge in [0.2, 0.25) is 11.3 Å². The Morgan fingerprint density at radius 2 is 1.84 bits per heavy atom. The Balaban J connectivity index is 1.96. The Kier molecular flexibility index (Phi) is 6.71. The number of nitrogens with zero attached hydrogens (tertiary/aromatic N) is 3. The molecule has 1 aliphatic rings. The molecular weight excluding hydrogens is 510 g/mol. The zero-order valence-corrected chi connectivity index (χ0v) is 18.9. The van der Waals surface area contributed by atoms with E-state index in [9.17, 15) is 45.8 Å². The second-order valence-corrected chi connectivity index (χ2v) is 8.34. The molecule has 1 fully saturated rings. The lowest BCUT2D eigenvalue weighted by Crippen LogP contribution is -2.46. The lowest BCUT2D eigenvalue weighted by molar-refractivity contribution is -0.153. The van der Waals surface area contributed by atoms with Crippen LogP contribution in [0.2, 0.25) is 0 Å². The van der Waals surface area contributed by atoms with Crippen LogP contribution in [0.5, 0.6) is 0 Å². The monoisotopic (exact) mass is 528 g/mol. The summed E-state index contributed by atoms with van der Waals surface area (Å²) >= 11 is 0. The lowest BCUT2D eigenvalue weighted by atomic mass is 10.1. The lowest BCUT2D eigenvalue weighted by Gasteiger charge is -2.21. The minimum atomic E-state index is -4.83. The molecule has 2 atom stereocenters. The zero-order valence-electron chi connectivity index (χ0n) is 18.9. The molecule has 0 aliphatic carbocycles. The van der Waals surface area contributed by atoms with Crippen molar-refractivity contribution in [1.82, 2.24) is 14.9 Å². The molecule has 37 heavy (non-hydrogen) atoms. The third-order valence-electron chi connectivity index (χ3n) is 5.79. The molecule has 0 bridgehead atoms. The molecule has 14 heteroatoms. The van der Waals surface area contributed by atoms with Gasteiger partial charge in [0, 0.05) is 18.3 Å². The molecule has 196 valence electrons. The average molecular weight is 528 g/mol. The first-order chi connectivity index (χ1) is 17.3. The number of aromatic nitrogens is 2. The number of halogens is 6. The van der Waals surface area contributed by atoms with Crippen LogP contribution in [0, 0.1) is 17.5 Å². The molecule has 2 N–H and O–H groups in total. The van der Waals surface area contributed by atoms with Gasteiger partial charge in [0.1, 0.15) is 28.9 Å². The number of hydrogen-bond donors (Lipinski definition) is 2. The number of β-amino-alcohol motifs (C(OH)–C–C–N with tert-alkyl or cyclic N) is 1. The number of benzene rings is 1. The second kappa shape index (κ2) is 9.50. The van der Waals surface area contributed by atoms with Crippen molar-refractivity contribution >= 4 is 28.7 Å². The maximum atomic E-state index is 14.7. The maximum Gasteiger partial charge on any atom is 0.408 e. The fraction of sp³-hybridized carbons (Fsp3) is 0.304. The predicted molar refractivity (Wildman–Crippen MR) is 118 cm³/mol. The standard InChI is InChI=1S/C23H18F6N4O4/c1-2-16(23(27,28)29)30-22(37)13-9-33(19-14(25)5-10(24)6-15(19)26)21-12(20(13)36)3-4-17(31-21)32-8-11(34)7-18(32)35/h3-6,9,11,16,34H,2,7-8H2,1H3,(H,30,37)/t11-,16+/m0/s1. The summed E-state index contributed by atoms with van der Waals surface area (Å²) in [7, 11) is 0. The molecule has 4 rings (SSSR count). The second-order valence-electron chi connectivity index (χ2n) is 8.34. The van der Waals surface area contributed by atoms with Crippen molar-refractivity contribution in [2.45, 2.75) is 38.1 Å².